The summed E-state index contributed by atoms with van der Waals surface area (Å²) >= 11 is 0. The second-order valence-corrected chi connectivity index (χ2v) is 9.00. The summed E-state index contributed by atoms with van der Waals surface area (Å²) in [4.78, 5) is 25.8. The number of nitrogens with zero attached hydrogens (tertiary/aromatic N) is 1. The van der Waals surface area contributed by atoms with Gasteiger partial charge >= 0.3 is 5.97 Å². The molecule has 1 saturated heterocycles. The van der Waals surface area contributed by atoms with Crippen LogP contribution in [0.3, 0.4) is 0 Å². The molecule has 32 heavy (non-hydrogen) atoms. The van der Waals surface area contributed by atoms with Crippen LogP contribution < -0.4 is 22.3 Å². The van der Waals surface area contributed by atoms with Crippen LogP contribution in [-0.4, -0.2) is 42.1 Å². The maximum atomic E-state index is 13.3. The van der Waals surface area contributed by atoms with Gasteiger partial charge in [0, 0.05) is 5.56 Å². The largest absolute Gasteiger partial charge is 1.00 e. The first-order valence-corrected chi connectivity index (χ1v) is 11.4. The highest BCUT2D eigenvalue weighted by atomic mass is 79.9. The van der Waals surface area contributed by atoms with Gasteiger partial charge in [-0.15, -0.1) is 0 Å². The van der Waals surface area contributed by atoms with E-state index in [1.54, 1.807) is 6.07 Å². The van der Waals surface area contributed by atoms with Crippen LogP contribution >= 0.6 is 0 Å². The van der Waals surface area contributed by atoms with Crippen LogP contribution in [0.1, 0.15) is 61.0 Å². The first-order chi connectivity index (χ1) is 14.9. The molecule has 1 heterocycles. The number of carbonyl (C=O) groups excluding carboxylic acids is 2. The van der Waals surface area contributed by atoms with Gasteiger partial charge < -0.3 is 31.5 Å². The molecule has 174 valence electrons. The van der Waals surface area contributed by atoms with Crippen LogP contribution in [0.4, 0.5) is 5.69 Å². The van der Waals surface area contributed by atoms with E-state index in [4.69, 9.17) is 4.74 Å². The summed E-state index contributed by atoms with van der Waals surface area (Å²) in [6.07, 6.45) is 4.50. The third-order valence-electron chi connectivity index (χ3n) is 5.95. The van der Waals surface area contributed by atoms with Crippen LogP contribution in [-0.2, 0) is 16.1 Å². The van der Waals surface area contributed by atoms with Crippen molar-refractivity contribution in [2.75, 3.05) is 25.0 Å². The molecule has 0 saturated carbocycles. The Morgan fingerprint density at radius 3 is 2.25 bits per heavy atom. The molecule has 6 heteroatoms. The van der Waals surface area contributed by atoms with E-state index in [2.05, 4.69) is 29.6 Å². The van der Waals surface area contributed by atoms with Crippen molar-refractivity contribution >= 4 is 17.6 Å². The number of ether oxygens (including phenoxy) is 1. The first-order valence-electron chi connectivity index (χ1n) is 11.4. The molecular weight excluding hydrogens is 468 g/mol. The van der Waals surface area contributed by atoms with Crippen LogP contribution in [0.25, 0.3) is 0 Å². The SMILES string of the molecule is Cc1cccc(C(=O)OC(C)C)c1NC(=O)C[N+]1(Cc2ccccc2)CCCCCC1.[Br-]. The van der Waals surface area contributed by atoms with E-state index in [-0.39, 0.29) is 29.0 Å². The van der Waals surface area contributed by atoms with Crippen molar-refractivity contribution in [3.63, 3.8) is 0 Å². The number of nitrogens with one attached hydrogen (secondary N) is 1. The third-order valence-corrected chi connectivity index (χ3v) is 5.95. The molecule has 1 aliphatic rings. The number of halogens is 1. The van der Waals surface area contributed by atoms with Crippen LogP contribution in [0.2, 0.25) is 0 Å². The fraction of sp³-hybridized carbons (Fsp3) is 0.462. The van der Waals surface area contributed by atoms with Crippen molar-refractivity contribution in [1.29, 1.82) is 0 Å². The summed E-state index contributed by atoms with van der Waals surface area (Å²) in [5.74, 6) is -0.456. The predicted molar refractivity (Wildman–Crippen MR) is 124 cm³/mol. The summed E-state index contributed by atoms with van der Waals surface area (Å²) in [5.41, 5.74) is 3.09. The molecule has 2 aromatic carbocycles. The Bertz CT molecular complexity index is 891. The van der Waals surface area contributed by atoms with Gasteiger partial charge in [-0.3, -0.25) is 4.79 Å². The number of rotatable bonds is 7. The van der Waals surface area contributed by atoms with Gasteiger partial charge in [-0.2, -0.15) is 0 Å². The zero-order chi connectivity index (χ0) is 22.3. The monoisotopic (exact) mass is 502 g/mol. The lowest BCUT2D eigenvalue weighted by atomic mass is 10.1. The van der Waals surface area contributed by atoms with E-state index in [1.165, 1.54) is 18.4 Å². The van der Waals surface area contributed by atoms with Gasteiger partial charge in [-0.1, -0.05) is 42.5 Å². The average molecular weight is 503 g/mol. The summed E-state index contributed by atoms with van der Waals surface area (Å²) in [6, 6.07) is 15.9. The molecule has 0 unspecified atom stereocenters. The standard InChI is InChI=1S/C26H34N2O3.BrH/c1-20(2)31-26(30)23-15-11-12-21(3)25(23)27-24(29)19-28(16-9-4-5-10-17-28)18-22-13-7-6-8-14-22;/h6-8,11-15,20H,4-5,9-10,16-19H2,1-3H3;1H. The summed E-state index contributed by atoms with van der Waals surface area (Å²) < 4.78 is 6.14. The Balaban J connectivity index is 0.00000363. The van der Waals surface area contributed by atoms with Crippen LogP contribution in [0, 0.1) is 6.92 Å². The van der Waals surface area contributed by atoms with Gasteiger partial charge in [0.15, 0.2) is 6.54 Å². The third kappa shape index (κ3) is 7.17. The van der Waals surface area contributed by atoms with Crippen LogP contribution in [0.5, 0.6) is 0 Å². The second kappa shape index (κ2) is 12.2. The van der Waals surface area contributed by atoms with Crippen molar-refractivity contribution in [2.24, 2.45) is 0 Å². The zero-order valence-corrected chi connectivity index (χ0v) is 21.0. The molecule has 0 atom stereocenters. The van der Waals surface area contributed by atoms with E-state index < -0.39 is 5.97 Å². The van der Waals surface area contributed by atoms with E-state index in [9.17, 15) is 9.59 Å². The average Bonchev–Trinajstić information content (AvgIpc) is 2.95. The molecular formula is C26H35BrN2O3. The van der Waals surface area contributed by atoms with Crippen molar-refractivity contribution in [3.8, 4) is 0 Å². The van der Waals surface area contributed by atoms with Gasteiger partial charge in [0.2, 0.25) is 0 Å². The Kier molecular flexibility index (Phi) is 9.91. The minimum Gasteiger partial charge on any atom is -1.00 e. The number of para-hydroxylation sites is 1. The number of amides is 1. The van der Waals surface area contributed by atoms with Crippen molar-refractivity contribution in [3.05, 3.63) is 65.2 Å². The van der Waals surface area contributed by atoms with E-state index in [1.807, 2.05) is 39.0 Å². The molecule has 0 spiro atoms. The maximum absolute atomic E-state index is 13.3. The molecule has 1 fully saturated rings. The Labute approximate surface area is 202 Å². The highest BCUT2D eigenvalue weighted by Gasteiger charge is 2.32. The Morgan fingerprint density at radius 1 is 0.969 bits per heavy atom. The first kappa shape index (κ1) is 26.1. The molecule has 0 radical (unpaired) electrons. The Hall–Kier alpha value is -2.18. The van der Waals surface area contributed by atoms with Gasteiger partial charge in [0.25, 0.3) is 5.91 Å². The summed E-state index contributed by atoms with van der Waals surface area (Å²) in [6.45, 7) is 8.80. The number of hydrogen-bond donors (Lipinski definition) is 1. The minimum absolute atomic E-state index is 0. The van der Waals surface area contributed by atoms with Gasteiger partial charge in [0.1, 0.15) is 6.54 Å². The molecule has 0 aromatic heterocycles. The quantitative estimate of drug-likeness (QED) is 0.465. The topological polar surface area (TPSA) is 55.4 Å². The highest BCUT2D eigenvalue weighted by molar-refractivity contribution is 6.02. The minimum atomic E-state index is -0.406. The predicted octanol–water partition coefficient (Wildman–Crippen LogP) is 2.09. The zero-order valence-electron chi connectivity index (χ0n) is 19.4. The van der Waals surface area contributed by atoms with Crippen molar-refractivity contribution < 1.29 is 35.8 Å². The fourth-order valence-corrected chi connectivity index (χ4v) is 4.47. The molecule has 1 aliphatic heterocycles. The normalized spacial score (nSPS) is 15.4. The summed E-state index contributed by atoms with van der Waals surface area (Å²) in [5, 5.41) is 3.06. The number of aryl methyl sites for hydroxylation is 1. The van der Waals surface area contributed by atoms with E-state index in [0.717, 1.165) is 42.5 Å². The number of quaternary nitrogens is 1. The molecule has 5 nitrogen and oxygen atoms in total. The number of carbonyl (C=O) groups is 2. The smallest absolute Gasteiger partial charge is 0.340 e. The molecule has 0 bridgehead atoms. The lowest BCUT2D eigenvalue weighted by Gasteiger charge is -2.37. The van der Waals surface area contributed by atoms with Gasteiger partial charge in [-0.25, -0.2) is 4.79 Å². The molecule has 1 N–H and O–H groups in total. The fourth-order valence-electron chi connectivity index (χ4n) is 4.47. The second-order valence-electron chi connectivity index (χ2n) is 9.00. The molecule has 3 rings (SSSR count). The van der Waals surface area contributed by atoms with Crippen molar-refractivity contribution in [2.45, 2.75) is 59.1 Å². The highest BCUT2D eigenvalue weighted by Crippen LogP contribution is 2.25. The number of anilines is 1. The van der Waals surface area contributed by atoms with Gasteiger partial charge in [0.05, 0.1) is 30.4 Å². The van der Waals surface area contributed by atoms with Crippen LogP contribution in [0.15, 0.2) is 48.5 Å². The summed E-state index contributed by atoms with van der Waals surface area (Å²) in [7, 11) is 0. The van der Waals surface area contributed by atoms with Crippen molar-refractivity contribution in [1.82, 2.24) is 0 Å². The lowest BCUT2D eigenvalue weighted by Crippen LogP contribution is -3.00. The molecule has 2 aromatic rings. The number of benzene rings is 2. The van der Waals surface area contributed by atoms with E-state index in [0.29, 0.717) is 17.8 Å². The Morgan fingerprint density at radius 2 is 1.62 bits per heavy atom. The van der Waals surface area contributed by atoms with E-state index >= 15 is 0 Å². The molecule has 1 amide bonds. The molecule has 0 aliphatic carbocycles. The number of hydrogen-bond acceptors (Lipinski definition) is 3. The van der Waals surface area contributed by atoms with Gasteiger partial charge in [-0.05, 0) is 58.1 Å². The number of esters is 1. The number of likely N-dealkylation sites (tertiary alicyclic amines) is 1. The maximum Gasteiger partial charge on any atom is 0.340 e. The lowest BCUT2D eigenvalue weighted by molar-refractivity contribution is -0.932.